The molecule has 0 radical (unpaired) electrons. The van der Waals surface area contributed by atoms with Gasteiger partial charge in [0.2, 0.25) is 0 Å². The Morgan fingerprint density at radius 1 is 1.15 bits per heavy atom. The average molecular weight is 283 g/mol. The van der Waals surface area contributed by atoms with Gasteiger partial charge >= 0.3 is 12.3 Å². The van der Waals surface area contributed by atoms with Crippen LogP contribution >= 0.6 is 0 Å². The molecule has 0 fully saturated rings. The van der Waals surface area contributed by atoms with Crippen molar-refractivity contribution >= 4 is 5.97 Å². The normalized spacial score (nSPS) is 11.2. The van der Waals surface area contributed by atoms with E-state index in [1.165, 1.54) is 30.5 Å². The summed E-state index contributed by atoms with van der Waals surface area (Å²) in [6, 6.07) is 7.68. The lowest BCUT2D eigenvalue weighted by atomic mass is 10.1. The Kier molecular flexibility index (Phi) is 3.60. The Balaban J connectivity index is 2.26. The van der Waals surface area contributed by atoms with Gasteiger partial charge in [0.15, 0.2) is 0 Å². The quantitative estimate of drug-likeness (QED) is 0.938. The smallest absolute Gasteiger partial charge is 0.478 e. The van der Waals surface area contributed by atoms with E-state index in [9.17, 15) is 18.0 Å². The molecule has 2 aromatic rings. The largest absolute Gasteiger partial charge is 0.573 e. The fourth-order valence-electron chi connectivity index (χ4n) is 1.55. The van der Waals surface area contributed by atoms with Gasteiger partial charge in [0, 0.05) is 11.8 Å². The Morgan fingerprint density at radius 2 is 1.80 bits per heavy atom. The third-order valence-electron chi connectivity index (χ3n) is 2.39. The number of carbonyl (C=O) groups is 1. The van der Waals surface area contributed by atoms with Gasteiger partial charge in [0.25, 0.3) is 0 Å². The highest BCUT2D eigenvalue weighted by Crippen LogP contribution is 2.25. The van der Waals surface area contributed by atoms with Crippen LogP contribution in [0.3, 0.4) is 0 Å². The first-order valence-corrected chi connectivity index (χ1v) is 5.41. The van der Waals surface area contributed by atoms with E-state index < -0.39 is 12.3 Å². The van der Waals surface area contributed by atoms with Crippen LogP contribution in [0.5, 0.6) is 5.75 Å². The molecule has 1 aromatic carbocycles. The van der Waals surface area contributed by atoms with Crippen molar-refractivity contribution in [1.82, 2.24) is 4.98 Å². The summed E-state index contributed by atoms with van der Waals surface area (Å²) < 4.78 is 39.8. The van der Waals surface area contributed by atoms with Crippen LogP contribution in [-0.2, 0) is 0 Å². The van der Waals surface area contributed by atoms with E-state index in [-0.39, 0.29) is 11.3 Å². The van der Waals surface area contributed by atoms with E-state index in [1.54, 1.807) is 0 Å². The van der Waals surface area contributed by atoms with Crippen LogP contribution in [0, 0.1) is 0 Å². The van der Waals surface area contributed by atoms with Crippen molar-refractivity contribution in [3.05, 3.63) is 48.2 Å². The maximum absolute atomic E-state index is 12.0. The number of aromatic nitrogens is 1. The number of alkyl halides is 3. The molecule has 7 heteroatoms. The van der Waals surface area contributed by atoms with Crippen molar-refractivity contribution in [2.45, 2.75) is 6.36 Å². The number of rotatable bonds is 3. The molecule has 1 N–H and O–H groups in total. The predicted molar refractivity (Wildman–Crippen MR) is 63.3 cm³/mol. The summed E-state index contributed by atoms with van der Waals surface area (Å²) >= 11 is 0. The fourth-order valence-corrected chi connectivity index (χ4v) is 1.55. The van der Waals surface area contributed by atoms with Crippen molar-refractivity contribution in [2.24, 2.45) is 0 Å². The first-order valence-electron chi connectivity index (χ1n) is 5.41. The molecule has 0 aliphatic carbocycles. The second-order valence-corrected chi connectivity index (χ2v) is 3.81. The Labute approximate surface area is 111 Å². The topological polar surface area (TPSA) is 59.4 Å². The van der Waals surface area contributed by atoms with Gasteiger partial charge in [-0.3, -0.25) is 4.98 Å². The van der Waals surface area contributed by atoms with E-state index in [1.807, 2.05) is 0 Å². The third-order valence-corrected chi connectivity index (χ3v) is 2.39. The van der Waals surface area contributed by atoms with Crippen LogP contribution in [0.4, 0.5) is 13.2 Å². The number of carboxylic acid groups (broad SMARTS) is 1. The SMILES string of the molecule is O=C(O)c1ccnc(-c2ccc(OC(F)(F)F)cc2)c1. The van der Waals surface area contributed by atoms with Gasteiger partial charge in [-0.2, -0.15) is 0 Å². The monoisotopic (exact) mass is 283 g/mol. The summed E-state index contributed by atoms with van der Waals surface area (Å²) in [5.74, 6) is -1.46. The molecule has 1 heterocycles. The maximum atomic E-state index is 12.0. The number of aromatic carboxylic acids is 1. The number of carboxylic acids is 1. The zero-order valence-electron chi connectivity index (χ0n) is 9.89. The predicted octanol–water partition coefficient (Wildman–Crippen LogP) is 3.35. The molecule has 2 rings (SSSR count). The van der Waals surface area contributed by atoms with E-state index in [4.69, 9.17) is 5.11 Å². The molecule has 0 amide bonds. The number of hydrogen-bond acceptors (Lipinski definition) is 3. The van der Waals surface area contributed by atoms with Gasteiger partial charge in [-0.05, 0) is 36.4 Å². The highest BCUT2D eigenvalue weighted by Gasteiger charge is 2.30. The van der Waals surface area contributed by atoms with Gasteiger partial charge in [0.05, 0.1) is 11.3 Å². The summed E-state index contributed by atoms with van der Waals surface area (Å²) in [4.78, 5) is 14.8. The summed E-state index contributed by atoms with van der Waals surface area (Å²) in [5, 5.41) is 8.86. The molecule has 0 bridgehead atoms. The minimum Gasteiger partial charge on any atom is -0.478 e. The summed E-state index contributed by atoms with van der Waals surface area (Å²) in [6.45, 7) is 0. The number of pyridine rings is 1. The third kappa shape index (κ3) is 3.47. The van der Waals surface area contributed by atoms with Crippen molar-refractivity contribution in [2.75, 3.05) is 0 Å². The molecule has 104 valence electrons. The molecule has 0 unspecified atom stereocenters. The number of nitrogens with zero attached hydrogens (tertiary/aromatic N) is 1. The molecule has 1 aromatic heterocycles. The molecule has 0 saturated carbocycles. The second kappa shape index (κ2) is 5.20. The lowest BCUT2D eigenvalue weighted by Crippen LogP contribution is -2.16. The minimum atomic E-state index is -4.75. The average Bonchev–Trinajstić information content (AvgIpc) is 2.38. The molecule has 0 saturated heterocycles. The first kappa shape index (κ1) is 13.9. The van der Waals surface area contributed by atoms with Gasteiger partial charge < -0.3 is 9.84 Å². The molecule has 20 heavy (non-hydrogen) atoms. The van der Waals surface area contributed by atoms with Crippen molar-refractivity contribution in [3.63, 3.8) is 0 Å². The molecule has 0 aliphatic heterocycles. The second-order valence-electron chi connectivity index (χ2n) is 3.81. The summed E-state index contributed by atoms with van der Waals surface area (Å²) in [5.41, 5.74) is 0.886. The molecular weight excluding hydrogens is 275 g/mol. The Morgan fingerprint density at radius 3 is 2.35 bits per heavy atom. The van der Waals surface area contributed by atoms with E-state index >= 15 is 0 Å². The zero-order chi connectivity index (χ0) is 14.8. The lowest BCUT2D eigenvalue weighted by Gasteiger charge is -2.09. The summed E-state index contributed by atoms with van der Waals surface area (Å²) in [6.07, 6.45) is -3.43. The molecule has 0 atom stereocenters. The first-order chi connectivity index (χ1) is 9.35. The van der Waals surface area contributed by atoms with Gasteiger partial charge in [0.1, 0.15) is 5.75 Å². The molecule has 0 aliphatic rings. The van der Waals surface area contributed by atoms with Crippen molar-refractivity contribution < 1.29 is 27.8 Å². The standard InChI is InChI=1S/C13H8F3NO3/c14-13(15,16)20-10-3-1-8(2-4-10)11-7-9(12(18)19)5-6-17-11/h1-7H,(H,18,19). The highest BCUT2D eigenvalue weighted by atomic mass is 19.4. The van der Waals surface area contributed by atoms with Gasteiger partial charge in [-0.15, -0.1) is 13.2 Å². The molecule has 4 nitrogen and oxygen atoms in total. The highest BCUT2D eigenvalue weighted by molar-refractivity contribution is 5.88. The molecular formula is C13H8F3NO3. The van der Waals surface area contributed by atoms with Crippen LogP contribution in [0.2, 0.25) is 0 Å². The van der Waals surface area contributed by atoms with Crippen LogP contribution in [-0.4, -0.2) is 22.4 Å². The van der Waals surface area contributed by atoms with E-state index in [0.717, 1.165) is 12.1 Å². The number of hydrogen-bond donors (Lipinski definition) is 1. The van der Waals surface area contributed by atoms with E-state index in [0.29, 0.717) is 11.3 Å². The van der Waals surface area contributed by atoms with Crippen LogP contribution in [0.15, 0.2) is 42.6 Å². The van der Waals surface area contributed by atoms with Gasteiger partial charge in [-0.25, -0.2) is 4.79 Å². The fraction of sp³-hybridized carbons (Fsp3) is 0.0769. The molecule has 0 spiro atoms. The number of benzene rings is 1. The number of halogens is 3. The van der Waals surface area contributed by atoms with Crippen LogP contribution in [0.1, 0.15) is 10.4 Å². The maximum Gasteiger partial charge on any atom is 0.573 e. The zero-order valence-corrected chi connectivity index (χ0v) is 9.89. The van der Waals surface area contributed by atoms with E-state index in [2.05, 4.69) is 9.72 Å². The van der Waals surface area contributed by atoms with Gasteiger partial charge in [-0.1, -0.05) is 0 Å². The van der Waals surface area contributed by atoms with Crippen molar-refractivity contribution in [1.29, 1.82) is 0 Å². The Hall–Kier alpha value is -2.57. The van der Waals surface area contributed by atoms with Crippen molar-refractivity contribution in [3.8, 4) is 17.0 Å². The number of ether oxygens (including phenoxy) is 1. The minimum absolute atomic E-state index is 0.0469. The Bertz CT molecular complexity index is 624. The lowest BCUT2D eigenvalue weighted by molar-refractivity contribution is -0.274. The van der Waals surface area contributed by atoms with Crippen LogP contribution < -0.4 is 4.74 Å². The van der Waals surface area contributed by atoms with Crippen LogP contribution in [0.25, 0.3) is 11.3 Å². The summed E-state index contributed by atoms with van der Waals surface area (Å²) in [7, 11) is 0.